The van der Waals surface area contributed by atoms with Crippen LogP contribution >= 0.6 is 11.3 Å². The van der Waals surface area contributed by atoms with Crippen LogP contribution in [0, 0.1) is 17.6 Å². The van der Waals surface area contributed by atoms with Crippen LogP contribution in [-0.4, -0.2) is 34.8 Å². The average molecular weight is 407 g/mol. The number of likely N-dealkylation sites (tertiary alicyclic amines) is 1. The standard InChI is InChI=1S/C20H23F2N3O2S/c1-12(2)18(26)23-9-17-11-28-19(24-17)13-4-3-5-25(10-13)20(27)14-6-15(21)8-16(22)7-14/h6-8,11-13H,3-5,9-10H2,1-2H3,(H,23,26)/t13-/m1/s1. The summed E-state index contributed by atoms with van der Waals surface area (Å²) in [5.41, 5.74) is 0.819. The van der Waals surface area contributed by atoms with Crippen molar-refractivity contribution in [3.8, 4) is 0 Å². The zero-order chi connectivity index (χ0) is 20.3. The Kier molecular flexibility index (Phi) is 6.39. The SMILES string of the molecule is CC(C)C(=O)NCc1csc([C@@H]2CCCN(C(=O)c3cc(F)cc(F)c3)C2)n1. The second-order valence-corrected chi connectivity index (χ2v) is 8.19. The molecule has 5 nitrogen and oxygen atoms in total. The summed E-state index contributed by atoms with van der Waals surface area (Å²) in [5.74, 6) is -1.91. The molecule has 2 heterocycles. The molecule has 150 valence electrons. The van der Waals surface area contributed by atoms with Crippen molar-refractivity contribution in [1.82, 2.24) is 15.2 Å². The minimum Gasteiger partial charge on any atom is -0.350 e. The number of nitrogens with zero attached hydrogens (tertiary/aromatic N) is 2. The number of amides is 2. The maximum absolute atomic E-state index is 13.4. The molecule has 0 unspecified atom stereocenters. The number of carbonyl (C=O) groups is 2. The van der Waals surface area contributed by atoms with Gasteiger partial charge in [-0.1, -0.05) is 13.8 Å². The van der Waals surface area contributed by atoms with Crippen LogP contribution in [0.3, 0.4) is 0 Å². The van der Waals surface area contributed by atoms with Crippen LogP contribution in [0.1, 0.15) is 53.7 Å². The van der Waals surface area contributed by atoms with Gasteiger partial charge in [-0.3, -0.25) is 9.59 Å². The highest BCUT2D eigenvalue weighted by atomic mass is 32.1. The molecule has 0 aliphatic carbocycles. The van der Waals surface area contributed by atoms with Crippen LogP contribution in [0.2, 0.25) is 0 Å². The Morgan fingerprint density at radius 2 is 2.00 bits per heavy atom. The van der Waals surface area contributed by atoms with Crippen molar-refractivity contribution in [3.05, 3.63) is 51.5 Å². The van der Waals surface area contributed by atoms with Gasteiger partial charge in [0.25, 0.3) is 5.91 Å². The Morgan fingerprint density at radius 1 is 1.29 bits per heavy atom. The maximum atomic E-state index is 13.4. The number of hydrogen-bond acceptors (Lipinski definition) is 4. The number of carbonyl (C=O) groups excluding carboxylic acids is 2. The summed E-state index contributed by atoms with van der Waals surface area (Å²) in [6, 6.07) is 2.88. The lowest BCUT2D eigenvalue weighted by Crippen LogP contribution is -2.39. The molecular weight excluding hydrogens is 384 g/mol. The van der Waals surface area contributed by atoms with E-state index in [2.05, 4.69) is 10.3 Å². The lowest BCUT2D eigenvalue weighted by Gasteiger charge is -2.32. The lowest BCUT2D eigenvalue weighted by molar-refractivity contribution is -0.124. The van der Waals surface area contributed by atoms with Crippen LogP contribution in [0.4, 0.5) is 8.78 Å². The third-order valence-corrected chi connectivity index (χ3v) is 5.76. The smallest absolute Gasteiger partial charge is 0.254 e. The Balaban J connectivity index is 1.65. The van der Waals surface area contributed by atoms with Crippen molar-refractivity contribution in [2.75, 3.05) is 13.1 Å². The van der Waals surface area contributed by atoms with E-state index in [1.54, 1.807) is 4.90 Å². The van der Waals surface area contributed by atoms with Crippen LogP contribution < -0.4 is 5.32 Å². The molecule has 1 atom stereocenters. The van der Waals surface area contributed by atoms with Crippen LogP contribution in [0.5, 0.6) is 0 Å². The Hall–Kier alpha value is -2.35. The molecular formula is C20H23F2N3O2S. The van der Waals surface area contributed by atoms with E-state index in [9.17, 15) is 18.4 Å². The largest absolute Gasteiger partial charge is 0.350 e. The molecule has 0 saturated carbocycles. The summed E-state index contributed by atoms with van der Waals surface area (Å²) in [7, 11) is 0. The van der Waals surface area contributed by atoms with E-state index >= 15 is 0 Å². The van der Waals surface area contributed by atoms with Crippen LogP contribution in [0.15, 0.2) is 23.6 Å². The quantitative estimate of drug-likeness (QED) is 0.822. The third-order valence-electron chi connectivity index (χ3n) is 4.70. The van der Waals surface area contributed by atoms with Crippen molar-refractivity contribution >= 4 is 23.2 Å². The topological polar surface area (TPSA) is 62.3 Å². The van der Waals surface area contributed by atoms with Crippen molar-refractivity contribution < 1.29 is 18.4 Å². The van der Waals surface area contributed by atoms with Crippen molar-refractivity contribution in [2.24, 2.45) is 5.92 Å². The number of thiazole rings is 1. The van der Waals surface area contributed by atoms with Crippen LogP contribution in [-0.2, 0) is 11.3 Å². The monoisotopic (exact) mass is 407 g/mol. The number of hydrogen-bond donors (Lipinski definition) is 1. The highest BCUT2D eigenvalue weighted by Gasteiger charge is 2.27. The first kappa shape index (κ1) is 20.4. The summed E-state index contributed by atoms with van der Waals surface area (Å²) in [6.45, 7) is 5.06. The first-order chi connectivity index (χ1) is 13.3. The molecule has 1 aliphatic rings. The first-order valence-corrected chi connectivity index (χ1v) is 10.2. The fraction of sp³-hybridized carbons (Fsp3) is 0.450. The van der Waals surface area contributed by atoms with Crippen molar-refractivity contribution in [1.29, 1.82) is 0 Å². The van der Waals surface area contributed by atoms with Gasteiger partial charge in [0.1, 0.15) is 11.6 Å². The third kappa shape index (κ3) is 4.92. The molecule has 1 aromatic heterocycles. The fourth-order valence-electron chi connectivity index (χ4n) is 3.20. The molecule has 0 bridgehead atoms. The normalized spacial score (nSPS) is 17.0. The van der Waals surface area contributed by atoms with E-state index in [4.69, 9.17) is 0 Å². The molecule has 28 heavy (non-hydrogen) atoms. The van der Waals surface area contributed by atoms with Gasteiger partial charge in [0, 0.05) is 41.9 Å². The van der Waals surface area contributed by atoms with Gasteiger partial charge in [0.15, 0.2) is 0 Å². The average Bonchev–Trinajstić information content (AvgIpc) is 3.13. The first-order valence-electron chi connectivity index (χ1n) is 9.31. The zero-order valence-electron chi connectivity index (χ0n) is 15.9. The zero-order valence-corrected chi connectivity index (χ0v) is 16.7. The van der Waals surface area contributed by atoms with E-state index in [-0.39, 0.29) is 29.2 Å². The molecule has 1 N–H and O–H groups in total. The molecule has 2 amide bonds. The highest BCUT2D eigenvalue weighted by molar-refractivity contribution is 7.09. The summed E-state index contributed by atoms with van der Waals surface area (Å²) in [5, 5.41) is 5.67. The number of nitrogens with one attached hydrogen (secondary N) is 1. The minimum atomic E-state index is -0.759. The summed E-state index contributed by atoms with van der Waals surface area (Å²) in [6.07, 6.45) is 1.69. The molecule has 1 fully saturated rings. The van der Waals surface area contributed by atoms with E-state index in [1.165, 1.54) is 11.3 Å². The summed E-state index contributed by atoms with van der Waals surface area (Å²) < 4.78 is 26.9. The van der Waals surface area contributed by atoms with Gasteiger partial charge in [0.05, 0.1) is 17.2 Å². The van der Waals surface area contributed by atoms with Gasteiger partial charge >= 0.3 is 0 Å². The van der Waals surface area contributed by atoms with Crippen LogP contribution in [0.25, 0.3) is 0 Å². The van der Waals surface area contributed by atoms with E-state index in [1.807, 2.05) is 19.2 Å². The molecule has 1 saturated heterocycles. The fourth-order valence-corrected chi connectivity index (χ4v) is 4.14. The molecule has 3 rings (SSSR count). The van der Waals surface area contributed by atoms with E-state index in [0.29, 0.717) is 19.6 Å². The predicted octanol–water partition coefficient (Wildman–Crippen LogP) is 3.71. The van der Waals surface area contributed by atoms with E-state index in [0.717, 1.165) is 41.7 Å². The van der Waals surface area contributed by atoms with Crippen molar-refractivity contribution in [2.45, 2.75) is 39.2 Å². The number of piperidine rings is 1. The summed E-state index contributed by atoms with van der Waals surface area (Å²) in [4.78, 5) is 30.6. The number of benzene rings is 1. The second kappa shape index (κ2) is 8.77. The van der Waals surface area contributed by atoms with Gasteiger partial charge in [-0.15, -0.1) is 11.3 Å². The Labute approximate surface area is 166 Å². The molecule has 8 heteroatoms. The molecule has 2 aromatic rings. The number of aromatic nitrogens is 1. The predicted molar refractivity (Wildman–Crippen MR) is 103 cm³/mol. The Morgan fingerprint density at radius 3 is 2.68 bits per heavy atom. The van der Waals surface area contributed by atoms with Gasteiger partial charge in [-0.05, 0) is 25.0 Å². The van der Waals surface area contributed by atoms with Gasteiger partial charge < -0.3 is 10.2 Å². The second-order valence-electron chi connectivity index (χ2n) is 7.30. The molecule has 1 aliphatic heterocycles. The molecule has 0 spiro atoms. The number of halogens is 2. The molecule has 0 radical (unpaired) electrons. The van der Waals surface area contributed by atoms with Gasteiger partial charge in [-0.2, -0.15) is 0 Å². The van der Waals surface area contributed by atoms with Gasteiger partial charge in [0.2, 0.25) is 5.91 Å². The maximum Gasteiger partial charge on any atom is 0.254 e. The van der Waals surface area contributed by atoms with E-state index < -0.39 is 11.6 Å². The summed E-state index contributed by atoms with van der Waals surface area (Å²) >= 11 is 1.51. The minimum absolute atomic E-state index is 0.0219. The lowest BCUT2D eigenvalue weighted by atomic mass is 9.98. The molecule has 1 aromatic carbocycles. The number of rotatable bonds is 5. The van der Waals surface area contributed by atoms with Crippen molar-refractivity contribution in [3.63, 3.8) is 0 Å². The Bertz CT molecular complexity index is 849. The highest BCUT2D eigenvalue weighted by Crippen LogP contribution is 2.30. The van der Waals surface area contributed by atoms with Gasteiger partial charge in [-0.25, -0.2) is 13.8 Å².